The first-order valence-corrected chi connectivity index (χ1v) is 5.92. The standard InChI is InChI=1S/C12H12ClN3O2/c1-8(13)12(18)14-10-7-11(17)16(15-10)9-5-3-2-4-6-9/h2-6,8H,7H2,1H3,(H,14,15,18)/t8-/m0/s1. The van der Waals surface area contributed by atoms with E-state index in [4.69, 9.17) is 11.6 Å². The van der Waals surface area contributed by atoms with Crippen molar-refractivity contribution in [3.63, 3.8) is 0 Å². The Morgan fingerprint density at radius 3 is 2.72 bits per heavy atom. The maximum Gasteiger partial charge on any atom is 0.255 e. The van der Waals surface area contributed by atoms with E-state index in [2.05, 4.69) is 10.4 Å². The summed E-state index contributed by atoms with van der Waals surface area (Å²) in [6.07, 6.45) is 0.0737. The number of para-hydroxylation sites is 1. The number of nitrogens with zero attached hydrogens (tertiary/aromatic N) is 2. The van der Waals surface area contributed by atoms with Crippen molar-refractivity contribution in [2.75, 3.05) is 5.01 Å². The molecule has 94 valence electrons. The molecule has 2 amide bonds. The number of halogens is 1. The van der Waals surface area contributed by atoms with Crippen LogP contribution in [-0.2, 0) is 9.59 Å². The molecule has 1 heterocycles. The molecule has 0 fully saturated rings. The Kier molecular flexibility index (Phi) is 3.62. The second-order valence-corrected chi connectivity index (χ2v) is 4.52. The van der Waals surface area contributed by atoms with E-state index in [0.29, 0.717) is 11.5 Å². The zero-order valence-electron chi connectivity index (χ0n) is 9.76. The minimum Gasteiger partial charge on any atom is -0.311 e. The van der Waals surface area contributed by atoms with Gasteiger partial charge >= 0.3 is 0 Å². The second kappa shape index (κ2) is 5.18. The van der Waals surface area contributed by atoms with Crippen LogP contribution in [0.2, 0.25) is 0 Å². The van der Waals surface area contributed by atoms with Crippen LogP contribution in [0.5, 0.6) is 0 Å². The van der Waals surface area contributed by atoms with Crippen molar-refractivity contribution >= 4 is 34.9 Å². The largest absolute Gasteiger partial charge is 0.311 e. The van der Waals surface area contributed by atoms with Gasteiger partial charge in [0, 0.05) is 0 Å². The van der Waals surface area contributed by atoms with Crippen molar-refractivity contribution < 1.29 is 9.59 Å². The van der Waals surface area contributed by atoms with Crippen LogP contribution < -0.4 is 10.3 Å². The lowest BCUT2D eigenvalue weighted by Crippen LogP contribution is -2.34. The highest BCUT2D eigenvalue weighted by Gasteiger charge is 2.26. The van der Waals surface area contributed by atoms with Crippen molar-refractivity contribution in [2.45, 2.75) is 18.7 Å². The van der Waals surface area contributed by atoms with E-state index in [-0.39, 0.29) is 18.2 Å². The van der Waals surface area contributed by atoms with Gasteiger partial charge in [-0.15, -0.1) is 11.6 Å². The number of amides is 2. The summed E-state index contributed by atoms with van der Waals surface area (Å²) >= 11 is 5.63. The van der Waals surface area contributed by atoms with Crippen LogP contribution in [0.4, 0.5) is 5.69 Å². The van der Waals surface area contributed by atoms with Gasteiger partial charge in [0.2, 0.25) is 5.91 Å². The van der Waals surface area contributed by atoms with Crippen LogP contribution in [0, 0.1) is 0 Å². The van der Waals surface area contributed by atoms with E-state index in [1.54, 1.807) is 19.1 Å². The molecule has 1 aliphatic rings. The van der Waals surface area contributed by atoms with E-state index in [1.807, 2.05) is 18.2 Å². The SMILES string of the molecule is C[C@H](Cl)C(=O)NC1=NN(c2ccccc2)C(=O)C1. The number of nitrogens with one attached hydrogen (secondary N) is 1. The van der Waals surface area contributed by atoms with E-state index < -0.39 is 5.38 Å². The third-order valence-electron chi connectivity index (χ3n) is 2.41. The van der Waals surface area contributed by atoms with Crippen molar-refractivity contribution in [3.05, 3.63) is 30.3 Å². The molecule has 1 aromatic carbocycles. The third-order valence-corrected chi connectivity index (χ3v) is 2.60. The van der Waals surface area contributed by atoms with Gasteiger partial charge in [0.1, 0.15) is 11.2 Å². The van der Waals surface area contributed by atoms with Crippen LogP contribution in [0.3, 0.4) is 0 Å². The maximum atomic E-state index is 11.8. The third kappa shape index (κ3) is 2.68. The van der Waals surface area contributed by atoms with Gasteiger partial charge in [0.25, 0.3) is 5.91 Å². The summed E-state index contributed by atoms with van der Waals surface area (Å²) in [6, 6.07) is 9.03. The summed E-state index contributed by atoms with van der Waals surface area (Å²) in [6.45, 7) is 1.56. The first kappa shape index (κ1) is 12.6. The molecule has 5 nitrogen and oxygen atoms in total. The van der Waals surface area contributed by atoms with Crippen LogP contribution >= 0.6 is 11.6 Å². The van der Waals surface area contributed by atoms with Gasteiger partial charge in [-0.1, -0.05) is 18.2 Å². The van der Waals surface area contributed by atoms with Crippen molar-refractivity contribution in [3.8, 4) is 0 Å². The molecule has 0 aromatic heterocycles. The van der Waals surface area contributed by atoms with Crippen LogP contribution in [-0.4, -0.2) is 23.0 Å². The molecule has 6 heteroatoms. The van der Waals surface area contributed by atoms with E-state index in [9.17, 15) is 9.59 Å². The first-order valence-electron chi connectivity index (χ1n) is 5.48. The second-order valence-electron chi connectivity index (χ2n) is 3.87. The Morgan fingerprint density at radius 1 is 1.44 bits per heavy atom. The Bertz CT molecular complexity index is 499. The lowest BCUT2D eigenvalue weighted by Gasteiger charge is -2.10. The molecule has 1 atom stereocenters. The highest BCUT2D eigenvalue weighted by atomic mass is 35.5. The van der Waals surface area contributed by atoms with Gasteiger partial charge < -0.3 is 5.32 Å². The average Bonchev–Trinajstić information content (AvgIpc) is 2.71. The Labute approximate surface area is 109 Å². The minimum absolute atomic E-state index is 0.0737. The molecule has 0 saturated heterocycles. The Hall–Kier alpha value is -1.88. The zero-order chi connectivity index (χ0) is 13.1. The van der Waals surface area contributed by atoms with Crippen molar-refractivity contribution in [1.29, 1.82) is 0 Å². The zero-order valence-corrected chi connectivity index (χ0v) is 10.5. The molecular formula is C12H12ClN3O2. The summed E-state index contributed by atoms with van der Waals surface area (Å²) in [7, 11) is 0. The van der Waals surface area contributed by atoms with E-state index in [0.717, 1.165) is 0 Å². The number of benzene rings is 1. The number of anilines is 1. The first-order chi connectivity index (χ1) is 8.58. The molecule has 2 rings (SSSR count). The summed E-state index contributed by atoms with van der Waals surface area (Å²) in [5, 5.41) is 7.21. The number of hydrogen-bond acceptors (Lipinski definition) is 3. The number of amidine groups is 1. The predicted molar refractivity (Wildman–Crippen MR) is 69.4 cm³/mol. The van der Waals surface area contributed by atoms with Gasteiger partial charge in [0.05, 0.1) is 12.1 Å². The normalized spacial score (nSPS) is 16.4. The van der Waals surface area contributed by atoms with E-state index in [1.165, 1.54) is 5.01 Å². The maximum absolute atomic E-state index is 11.8. The molecule has 0 saturated carbocycles. The highest BCUT2D eigenvalue weighted by molar-refractivity contribution is 6.32. The quantitative estimate of drug-likeness (QED) is 0.824. The number of rotatable bonds is 2. The van der Waals surface area contributed by atoms with Gasteiger partial charge in [-0.2, -0.15) is 10.1 Å². The molecule has 1 N–H and O–H groups in total. The lowest BCUT2D eigenvalue weighted by atomic mass is 10.3. The molecule has 0 radical (unpaired) electrons. The number of carbonyl (C=O) groups is 2. The molecule has 0 aliphatic carbocycles. The fraction of sp³-hybridized carbons (Fsp3) is 0.250. The number of carbonyl (C=O) groups excluding carboxylic acids is 2. The molecule has 0 bridgehead atoms. The Balaban J connectivity index is 2.13. The van der Waals surface area contributed by atoms with Gasteiger partial charge in [-0.25, -0.2) is 0 Å². The molecule has 1 aliphatic heterocycles. The van der Waals surface area contributed by atoms with Gasteiger partial charge in [-0.05, 0) is 19.1 Å². The average molecular weight is 266 g/mol. The number of hydrogen-bond donors (Lipinski definition) is 1. The lowest BCUT2D eigenvalue weighted by molar-refractivity contribution is -0.119. The Morgan fingerprint density at radius 2 is 2.11 bits per heavy atom. The van der Waals surface area contributed by atoms with Crippen LogP contribution in [0.1, 0.15) is 13.3 Å². The van der Waals surface area contributed by atoms with E-state index >= 15 is 0 Å². The number of hydrazone groups is 1. The van der Waals surface area contributed by atoms with Crippen molar-refractivity contribution in [2.24, 2.45) is 5.10 Å². The summed E-state index contributed by atoms with van der Waals surface area (Å²) in [4.78, 5) is 23.2. The molecular weight excluding hydrogens is 254 g/mol. The molecule has 1 aromatic rings. The topological polar surface area (TPSA) is 61.8 Å². The van der Waals surface area contributed by atoms with Crippen LogP contribution in [0.25, 0.3) is 0 Å². The molecule has 18 heavy (non-hydrogen) atoms. The fourth-order valence-electron chi connectivity index (χ4n) is 1.51. The van der Waals surface area contributed by atoms with Gasteiger partial charge in [-0.3, -0.25) is 9.59 Å². The highest BCUT2D eigenvalue weighted by Crippen LogP contribution is 2.19. The van der Waals surface area contributed by atoms with Gasteiger partial charge in [0.15, 0.2) is 0 Å². The summed E-state index contributed by atoms with van der Waals surface area (Å²) in [5.41, 5.74) is 0.672. The summed E-state index contributed by atoms with van der Waals surface area (Å²) < 4.78 is 0. The summed E-state index contributed by atoms with van der Waals surface area (Å²) in [5.74, 6) is -0.224. The smallest absolute Gasteiger partial charge is 0.255 e. The molecule has 0 spiro atoms. The molecule has 0 unspecified atom stereocenters. The predicted octanol–water partition coefficient (Wildman–Crippen LogP) is 1.48. The fourth-order valence-corrected chi connectivity index (χ4v) is 1.57. The minimum atomic E-state index is -0.659. The van der Waals surface area contributed by atoms with Crippen molar-refractivity contribution in [1.82, 2.24) is 5.32 Å². The van der Waals surface area contributed by atoms with Crippen LogP contribution in [0.15, 0.2) is 35.4 Å². The number of alkyl halides is 1. The monoisotopic (exact) mass is 265 g/mol.